The number of nitrogens with zero attached hydrogens (tertiary/aromatic N) is 3. The molecule has 1 aromatic heterocycles. The number of halogens is 3. The largest absolute Gasteiger partial charge is 0.435 e. The van der Waals surface area contributed by atoms with E-state index in [0.29, 0.717) is 5.56 Å². The number of nitro benzene ring substituents is 1. The maximum atomic E-state index is 12.8. The lowest BCUT2D eigenvalue weighted by Crippen LogP contribution is -2.16. The fraction of sp³-hybridized carbons (Fsp3) is 0.308. The first-order chi connectivity index (χ1) is 10.3. The van der Waals surface area contributed by atoms with Crippen molar-refractivity contribution in [3.05, 3.63) is 57.4 Å². The summed E-state index contributed by atoms with van der Waals surface area (Å²) in [6, 6.07) is 5.92. The number of hydrogen-bond acceptors (Lipinski definition) is 4. The predicted octanol–water partition coefficient (Wildman–Crippen LogP) is 2.64. The van der Waals surface area contributed by atoms with Gasteiger partial charge in [-0.2, -0.15) is 18.3 Å². The van der Waals surface area contributed by atoms with Gasteiger partial charge in [-0.25, -0.2) is 0 Å². The molecule has 0 amide bonds. The summed E-state index contributed by atoms with van der Waals surface area (Å²) in [5.74, 6) is 0. The molecule has 6 nitrogen and oxygen atoms in total. The van der Waals surface area contributed by atoms with E-state index < -0.39 is 16.8 Å². The number of non-ortho nitro benzene ring substituents is 1. The van der Waals surface area contributed by atoms with Crippen LogP contribution in [0.2, 0.25) is 0 Å². The molecule has 1 aromatic carbocycles. The molecular formula is C13H13F3N4O2. The van der Waals surface area contributed by atoms with Crippen LogP contribution < -0.4 is 5.32 Å². The van der Waals surface area contributed by atoms with Gasteiger partial charge in [0.2, 0.25) is 0 Å². The average Bonchev–Trinajstić information content (AvgIpc) is 2.80. The molecule has 2 rings (SSSR count). The van der Waals surface area contributed by atoms with Crippen molar-refractivity contribution in [2.75, 3.05) is 0 Å². The van der Waals surface area contributed by atoms with Crippen LogP contribution in [-0.2, 0) is 26.3 Å². The van der Waals surface area contributed by atoms with Gasteiger partial charge in [0.15, 0.2) is 5.69 Å². The Morgan fingerprint density at radius 2 is 2.09 bits per heavy atom. The third-order valence-electron chi connectivity index (χ3n) is 2.94. The van der Waals surface area contributed by atoms with Crippen molar-refractivity contribution < 1.29 is 18.1 Å². The first-order valence-electron chi connectivity index (χ1n) is 6.31. The number of benzene rings is 1. The molecule has 0 bridgehead atoms. The molecule has 0 fully saturated rings. The number of hydrogen-bond donors (Lipinski definition) is 1. The van der Waals surface area contributed by atoms with Crippen LogP contribution in [0, 0.1) is 10.1 Å². The normalized spacial score (nSPS) is 11.6. The molecule has 0 radical (unpaired) electrons. The second kappa shape index (κ2) is 6.14. The Hall–Kier alpha value is -2.42. The number of rotatable bonds is 5. The monoisotopic (exact) mass is 314 g/mol. The maximum Gasteiger partial charge on any atom is 0.435 e. The quantitative estimate of drug-likeness (QED) is 0.680. The zero-order chi connectivity index (χ0) is 16.3. The Bertz CT molecular complexity index is 682. The Labute approximate surface area is 123 Å². The van der Waals surface area contributed by atoms with Gasteiger partial charge in [-0.3, -0.25) is 14.8 Å². The highest BCUT2D eigenvalue weighted by Gasteiger charge is 2.36. The Kier molecular flexibility index (Phi) is 4.45. The smallest absolute Gasteiger partial charge is 0.308 e. The van der Waals surface area contributed by atoms with Crippen LogP contribution >= 0.6 is 0 Å². The van der Waals surface area contributed by atoms with E-state index in [9.17, 15) is 23.3 Å². The molecule has 118 valence electrons. The molecule has 2 aromatic rings. The summed E-state index contributed by atoms with van der Waals surface area (Å²) in [7, 11) is 1.42. The lowest BCUT2D eigenvalue weighted by atomic mass is 10.2. The van der Waals surface area contributed by atoms with Crippen LogP contribution in [0.4, 0.5) is 18.9 Å². The molecule has 9 heteroatoms. The molecule has 0 saturated heterocycles. The molecule has 0 atom stereocenters. The molecule has 1 heterocycles. The second-order valence-electron chi connectivity index (χ2n) is 4.70. The van der Waals surface area contributed by atoms with Crippen LogP contribution in [-0.4, -0.2) is 14.7 Å². The molecule has 0 saturated carbocycles. The molecule has 0 unspecified atom stereocenters. The third-order valence-corrected chi connectivity index (χ3v) is 2.94. The van der Waals surface area contributed by atoms with Gasteiger partial charge in [0.05, 0.1) is 4.92 Å². The summed E-state index contributed by atoms with van der Waals surface area (Å²) in [6.07, 6.45) is -3.22. The van der Waals surface area contributed by atoms with Gasteiger partial charge in [0.1, 0.15) is 0 Å². The van der Waals surface area contributed by atoms with E-state index in [4.69, 9.17) is 0 Å². The van der Waals surface area contributed by atoms with E-state index in [1.165, 1.54) is 31.4 Å². The summed E-state index contributed by atoms with van der Waals surface area (Å²) in [5, 5.41) is 16.9. The highest BCUT2D eigenvalue weighted by atomic mass is 19.4. The molecule has 0 aliphatic heterocycles. The fourth-order valence-corrected chi connectivity index (χ4v) is 2.03. The van der Waals surface area contributed by atoms with E-state index >= 15 is 0 Å². The number of alkyl halides is 3. The third kappa shape index (κ3) is 3.82. The number of aromatic nitrogens is 2. The summed E-state index contributed by atoms with van der Waals surface area (Å²) in [6.45, 7) is 0.180. The number of nitrogens with one attached hydrogen (secondary N) is 1. The van der Waals surface area contributed by atoms with E-state index in [2.05, 4.69) is 10.4 Å². The molecular weight excluding hydrogens is 301 g/mol. The molecule has 0 aliphatic rings. The van der Waals surface area contributed by atoms with Crippen molar-refractivity contribution in [3.63, 3.8) is 0 Å². The first-order valence-corrected chi connectivity index (χ1v) is 6.31. The van der Waals surface area contributed by atoms with Gasteiger partial charge < -0.3 is 5.32 Å². The van der Waals surface area contributed by atoms with Gasteiger partial charge in [0.25, 0.3) is 5.69 Å². The van der Waals surface area contributed by atoms with Gasteiger partial charge in [-0.05, 0) is 5.56 Å². The minimum atomic E-state index is -4.51. The van der Waals surface area contributed by atoms with Gasteiger partial charge in [-0.1, -0.05) is 12.1 Å². The van der Waals surface area contributed by atoms with Gasteiger partial charge in [-0.15, -0.1) is 0 Å². The van der Waals surface area contributed by atoms with Crippen molar-refractivity contribution in [1.29, 1.82) is 0 Å². The Balaban J connectivity index is 2.03. The zero-order valence-corrected chi connectivity index (χ0v) is 11.6. The Morgan fingerprint density at radius 1 is 1.36 bits per heavy atom. The summed E-state index contributed by atoms with van der Waals surface area (Å²) >= 11 is 0. The minimum absolute atomic E-state index is 0.0282. The topological polar surface area (TPSA) is 73.0 Å². The maximum absolute atomic E-state index is 12.8. The number of aryl methyl sites for hydroxylation is 1. The van der Waals surface area contributed by atoms with E-state index in [-0.39, 0.29) is 24.3 Å². The molecule has 22 heavy (non-hydrogen) atoms. The summed E-state index contributed by atoms with van der Waals surface area (Å²) in [4.78, 5) is 10.1. The van der Waals surface area contributed by atoms with Crippen LogP contribution in [0.5, 0.6) is 0 Å². The van der Waals surface area contributed by atoms with Crippen molar-refractivity contribution >= 4 is 5.69 Å². The SMILES string of the molecule is Cn1cc(CNCc2cccc([N+](=O)[O-])c2)c(C(F)(F)F)n1. The van der Waals surface area contributed by atoms with Gasteiger partial charge in [0, 0.05) is 44.0 Å². The fourth-order valence-electron chi connectivity index (χ4n) is 2.03. The van der Waals surface area contributed by atoms with Crippen molar-refractivity contribution in [2.24, 2.45) is 7.05 Å². The van der Waals surface area contributed by atoms with E-state index in [1.807, 2.05) is 0 Å². The van der Waals surface area contributed by atoms with E-state index in [0.717, 1.165) is 4.68 Å². The minimum Gasteiger partial charge on any atom is -0.308 e. The van der Waals surface area contributed by atoms with Crippen molar-refractivity contribution in [2.45, 2.75) is 19.3 Å². The molecule has 0 spiro atoms. The lowest BCUT2D eigenvalue weighted by Gasteiger charge is -2.07. The van der Waals surface area contributed by atoms with Crippen LogP contribution in [0.25, 0.3) is 0 Å². The Morgan fingerprint density at radius 3 is 2.73 bits per heavy atom. The van der Waals surface area contributed by atoms with Crippen molar-refractivity contribution in [1.82, 2.24) is 15.1 Å². The molecule has 0 aliphatic carbocycles. The summed E-state index contributed by atoms with van der Waals surface area (Å²) < 4.78 is 39.4. The lowest BCUT2D eigenvalue weighted by molar-refractivity contribution is -0.384. The summed E-state index contributed by atoms with van der Waals surface area (Å²) in [5.41, 5.74) is -0.342. The standard InChI is InChI=1S/C13H13F3N4O2/c1-19-8-10(12(18-19)13(14,15)16)7-17-6-9-3-2-4-11(5-9)20(21)22/h2-5,8,17H,6-7H2,1H3. The van der Waals surface area contributed by atoms with Crippen molar-refractivity contribution in [3.8, 4) is 0 Å². The van der Waals surface area contributed by atoms with Crippen LogP contribution in [0.1, 0.15) is 16.8 Å². The number of nitro groups is 1. The second-order valence-corrected chi connectivity index (χ2v) is 4.70. The van der Waals surface area contributed by atoms with Gasteiger partial charge >= 0.3 is 6.18 Å². The van der Waals surface area contributed by atoms with E-state index in [1.54, 1.807) is 6.07 Å². The zero-order valence-electron chi connectivity index (χ0n) is 11.6. The highest BCUT2D eigenvalue weighted by Crippen LogP contribution is 2.30. The predicted molar refractivity (Wildman–Crippen MR) is 71.9 cm³/mol. The average molecular weight is 314 g/mol. The first kappa shape index (κ1) is 16.0. The highest BCUT2D eigenvalue weighted by molar-refractivity contribution is 5.34. The molecule has 1 N–H and O–H groups in total. The van der Waals surface area contributed by atoms with Crippen LogP contribution in [0.15, 0.2) is 30.5 Å². The van der Waals surface area contributed by atoms with Crippen LogP contribution in [0.3, 0.4) is 0 Å².